The van der Waals surface area contributed by atoms with E-state index in [4.69, 9.17) is 16.3 Å². The molecule has 16 heavy (non-hydrogen) atoms. The average molecular weight is 249 g/mol. The molecule has 3 heteroatoms. The predicted molar refractivity (Wildman–Crippen MR) is 68.9 cm³/mol. The van der Waals surface area contributed by atoms with Crippen LogP contribution < -0.4 is 0 Å². The van der Waals surface area contributed by atoms with E-state index in [-0.39, 0.29) is 5.97 Å². The zero-order chi connectivity index (χ0) is 12.2. The van der Waals surface area contributed by atoms with Crippen LogP contribution in [0.4, 0.5) is 0 Å². The second kappa shape index (κ2) is 11.3. The lowest BCUT2D eigenvalue weighted by atomic mass is 10.1. The van der Waals surface area contributed by atoms with E-state index in [0.717, 1.165) is 25.7 Å². The number of carbonyl (C=O) groups is 1. The number of carbonyl (C=O) groups excluding carboxylic acids is 1. The van der Waals surface area contributed by atoms with Gasteiger partial charge in [-0.25, -0.2) is 0 Å². The van der Waals surface area contributed by atoms with Gasteiger partial charge in [0.05, 0.1) is 6.61 Å². The van der Waals surface area contributed by atoms with Crippen molar-refractivity contribution in [2.75, 3.05) is 6.61 Å². The number of hydrogen-bond acceptors (Lipinski definition) is 2. The Morgan fingerprint density at radius 3 is 2.25 bits per heavy atom. The van der Waals surface area contributed by atoms with Gasteiger partial charge in [-0.1, -0.05) is 39.0 Å². The molecule has 0 aromatic heterocycles. The average Bonchev–Trinajstić information content (AvgIpc) is 2.26. The molecule has 0 amide bonds. The summed E-state index contributed by atoms with van der Waals surface area (Å²) in [7, 11) is 0. The standard InChI is InChI=1S/C13H25ClO2/c1-3-13(14)10-8-6-4-5-7-9-11-16-12(2)15/h13H,3-11H2,1-2H3. The van der Waals surface area contributed by atoms with Crippen LogP contribution >= 0.6 is 11.6 Å². The number of rotatable bonds is 10. The van der Waals surface area contributed by atoms with Gasteiger partial charge in [0.1, 0.15) is 0 Å². The fourth-order valence-corrected chi connectivity index (χ4v) is 1.75. The van der Waals surface area contributed by atoms with Crippen molar-refractivity contribution in [1.29, 1.82) is 0 Å². The Morgan fingerprint density at radius 2 is 1.69 bits per heavy atom. The van der Waals surface area contributed by atoms with Gasteiger partial charge in [0, 0.05) is 12.3 Å². The lowest BCUT2D eigenvalue weighted by Gasteiger charge is -2.05. The van der Waals surface area contributed by atoms with Crippen molar-refractivity contribution in [3.63, 3.8) is 0 Å². The van der Waals surface area contributed by atoms with Crippen molar-refractivity contribution < 1.29 is 9.53 Å². The molecule has 0 saturated carbocycles. The topological polar surface area (TPSA) is 26.3 Å². The van der Waals surface area contributed by atoms with Crippen molar-refractivity contribution in [3.8, 4) is 0 Å². The van der Waals surface area contributed by atoms with Gasteiger partial charge in [0.25, 0.3) is 0 Å². The van der Waals surface area contributed by atoms with Crippen LogP contribution in [0, 0.1) is 0 Å². The van der Waals surface area contributed by atoms with E-state index < -0.39 is 0 Å². The molecule has 0 bridgehead atoms. The molecule has 0 N–H and O–H groups in total. The van der Waals surface area contributed by atoms with Crippen molar-refractivity contribution in [3.05, 3.63) is 0 Å². The minimum Gasteiger partial charge on any atom is -0.466 e. The fourth-order valence-electron chi connectivity index (χ4n) is 1.60. The van der Waals surface area contributed by atoms with E-state index in [1.807, 2.05) is 0 Å². The molecule has 0 spiro atoms. The Labute approximate surface area is 105 Å². The highest BCUT2D eigenvalue weighted by molar-refractivity contribution is 6.20. The third-order valence-corrected chi connectivity index (χ3v) is 3.19. The molecule has 0 aliphatic rings. The van der Waals surface area contributed by atoms with Crippen LogP contribution in [0.15, 0.2) is 0 Å². The van der Waals surface area contributed by atoms with E-state index in [1.54, 1.807) is 0 Å². The lowest BCUT2D eigenvalue weighted by Crippen LogP contribution is -2.00. The largest absolute Gasteiger partial charge is 0.466 e. The van der Waals surface area contributed by atoms with Crippen LogP contribution in [0.1, 0.15) is 65.2 Å². The van der Waals surface area contributed by atoms with E-state index in [1.165, 1.54) is 32.6 Å². The Kier molecular flexibility index (Phi) is 11.1. The third-order valence-electron chi connectivity index (χ3n) is 2.66. The number of halogens is 1. The maximum Gasteiger partial charge on any atom is 0.302 e. The quantitative estimate of drug-likeness (QED) is 0.327. The first-order chi connectivity index (χ1) is 7.66. The first-order valence-corrected chi connectivity index (χ1v) is 6.88. The smallest absolute Gasteiger partial charge is 0.302 e. The van der Waals surface area contributed by atoms with E-state index in [2.05, 4.69) is 6.92 Å². The van der Waals surface area contributed by atoms with Crippen molar-refractivity contribution >= 4 is 17.6 Å². The third kappa shape index (κ3) is 11.8. The molecule has 0 radical (unpaired) electrons. The fraction of sp³-hybridized carbons (Fsp3) is 0.923. The van der Waals surface area contributed by atoms with Crippen LogP contribution in [0.3, 0.4) is 0 Å². The van der Waals surface area contributed by atoms with Gasteiger partial charge in [-0.2, -0.15) is 0 Å². The summed E-state index contributed by atoms with van der Waals surface area (Å²) < 4.78 is 4.86. The van der Waals surface area contributed by atoms with Gasteiger partial charge in [-0.3, -0.25) is 4.79 Å². The molecule has 1 atom stereocenters. The molecule has 96 valence electrons. The number of esters is 1. The van der Waals surface area contributed by atoms with Gasteiger partial charge >= 0.3 is 5.97 Å². The molecule has 0 aliphatic carbocycles. The van der Waals surface area contributed by atoms with Gasteiger partial charge < -0.3 is 4.74 Å². The van der Waals surface area contributed by atoms with Crippen molar-refractivity contribution in [2.45, 2.75) is 70.6 Å². The van der Waals surface area contributed by atoms with Gasteiger partial charge in [-0.05, 0) is 19.3 Å². The molecule has 0 saturated heterocycles. The van der Waals surface area contributed by atoms with Crippen LogP contribution in [-0.2, 0) is 9.53 Å². The summed E-state index contributed by atoms with van der Waals surface area (Å²) in [6, 6.07) is 0. The molecular weight excluding hydrogens is 224 g/mol. The predicted octanol–water partition coefficient (Wildman–Crippen LogP) is 4.30. The monoisotopic (exact) mass is 248 g/mol. The maximum absolute atomic E-state index is 10.5. The second-order valence-electron chi connectivity index (χ2n) is 4.26. The molecule has 0 aromatic rings. The van der Waals surface area contributed by atoms with Crippen LogP contribution in [-0.4, -0.2) is 18.0 Å². The molecule has 0 fully saturated rings. The summed E-state index contributed by atoms with van der Waals surface area (Å²) in [6.07, 6.45) is 9.39. The van der Waals surface area contributed by atoms with Gasteiger partial charge in [0.2, 0.25) is 0 Å². The van der Waals surface area contributed by atoms with Crippen LogP contribution in [0.2, 0.25) is 0 Å². The van der Waals surface area contributed by atoms with E-state index >= 15 is 0 Å². The zero-order valence-corrected chi connectivity index (χ0v) is 11.4. The number of hydrogen-bond donors (Lipinski definition) is 0. The van der Waals surface area contributed by atoms with Gasteiger partial charge in [0.15, 0.2) is 0 Å². The minimum atomic E-state index is -0.173. The minimum absolute atomic E-state index is 0.173. The molecular formula is C13H25ClO2. The first kappa shape index (κ1) is 15.8. The lowest BCUT2D eigenvalue weighted by molar-refractivity contribution is -0.141. The molecule has 0 rings (SSSR count). The summed E-state index contributed by atoms with van der Waals surface area (Å²) in [5, 5.41) is 0.365. The second-order valence-corrected chi connectivity index (χ2v) is 4.87. The van der Waals surface area contributed by atoms with E-state index in [9.17, 15) is 4.79 Å². The van der Waals surface area contributed by atoms with Crippen LogP contribution in [0.5, 0.6) is 0 Å². The highest BCUT2D eigenvalue weighted by Crippen LogP contribution is 2.13. The van der Waals surface area contributed by atoms with Crippen molar-refractivity contribution in [2.24, 2.45) is 0 Å². The highest BCUT2D eigenvalue weighted by atomic mass is 35.5. The SMILES string of the molecule is CCC(Cl)CCCCCCCCOC(C)=O. The number of ether oxygens (including phenoxy) is 1. The Bertz CT molecular complexity index is 171. The highest BCUT2D eigenvalue weighted by Gasteiger charge is 2.00. The molecule has 0 aromatic carbocycles. The Morgan fingerprint density at radius 1 is 1.12 bits per heavy atom. The number of alkyl halides is 1. The van der Waals surface area contributed by atoms with Crippen molar-refractivity contribution in [1.82, 2.24) is 0 Å². The normalized spacial score (nSPS) is 12.4. The molecule has 2 nitrogen and oxygen atoms in total. The number of unbranched alkanes of at least 4 members (excludes halogenated alkanes) is 5. The first-order valence-electron chi connectivity index (χ1n) is 6.44. The van der Waals surface area contributed by atoms with E-state index in [0.29, 0.717) is 12.0 Å². The van der Waals surface area contributed by atoms with Crippen LogP contribution in [0.25, 0.3) is 0 Å². The summed E-state index contributed by atoms with van der Waals surface area (Å²) in [5.41, 5.74) is 0. The molecule has 0 heterocycles. The zero-order valence-electron chi connectivity index (χ0n) is 10.6. The molecule has 0 aliphatic heterocycles. The molecule has 1 unspecified atom stereocenters. The Balaban J connectivity index is 3.01. The maximum atomic E-state index is 10.5. The summed E-state index contributed by atoms with van der Waals surface area (Å²) >= 11 is 6.03. The Hall–Kier alpha value is -0.240. The summed E-state index contributed by atoms with van der Waals surface area (Å²) in [4.78, 5) is 10.5. The summed E-state index contributed by atoms with van der Waals surface area (Å²) in [6.45, 7) is 4.16. The van der Waals surface area contributed by atoms with Gasteiger partial charge in [-0.15, -0.1) is 11.6 Å². The summed E-state index contributed by atoms with van der Waals surface area (Å²) in [5.74, 6) is -0.173.